The first kappa shape index (κ1) is 17.1. The van der Waals surface area contributed by atoms with E-state index in [1.165, 1.54) is 0 Å². The molecule has 0 spiro atoms. The standard InChI is InChI=1S/C22H17N5O2/c28-21(20-16-10-14-29-19(16)8-12-24-20)26-22-25-17-6-1-2-7-18(17)27(22)13-9-15-5-3-4-11-23-15/h1-8,10-12,14H,9,13H2,(H,25,26,28). The Morgan fingerprint density at radius 3 is 2.79 bits per heavy atom. The second kappa shape index (κ2) is 7.20. The van der Waals surface area contributed by atoms with Crippen LogP contribution in [-0.4, -0.2) is 25.4 Å². The van der Waals surface area contributed by atoms with Gasteiger partial charge in [0.25, 0.3) is 5.91 Å². The minimum Gasteiger partial charge on any atom is -0.464 e. The SMILES string of the molecule is O=C(Nc1nc2ccccc2n1CCc1ccccn1)c1nccc2occc12. The minimum atomic E-state index is -0.327. The van der Waals surface area contributed by atoms with Crippen LogP contribution in [0.15, 0.2) is 77.7 Å². The molecule has 0 saturated carbocycles. The maximum atomic E-state index is 12.9. The van der Waals surface area contributed by atoms with E-state index in [9.17, 15) is 4.79 Å². The Balaban J connectivity index is 1.49. The van der Waals surface area contributed by atoms with Crippen LogP contribution in [0.3, 0.4) is 0 Å². The number of imidazole rings is 1. The second-order valence-corrected chi connectivity index (χ2v) is 6.59. The number of anilines is 1. The normalized spacial score (nSPS) is 11.2. The molecule has 1 aromatic carbocycles. The van der Waals surface area contributed by atoms with Crippen molar-refractivity contribution in [2.24, 2.45) is 0 Å². The van der Waals surface area contributed by atoms with Crippen molar-refractivity contribution in [2.45, 2.75) is 13.0 Å². The first-order valence-corrected chi connectivity index (χ1v) is 9.28. The molecule has 0 saturated heterocycles. The van der Waals surface area contributed by atoms with E-state index >= 15 is 0 Å². The number of furan rings is 1. The summed E-state index contributed by atoms with van der Waals surface area (Å²) in [6, 6.07) is 17.1. The minimum absolute atomic E-state index is 0.305. The molecule has 7 heteroatoms. The number of para-hydroxylation sites is 2. The van der Waals surface area contributed by atoms with Crippen LogP contribution in [0.5, 0.6) is 0 Å². The molecule has 5 aromatic rings. The number of carbonyl (C=O) groups is 1. The lowest BCUT2D eigenvalue weighted by Crippen LogP contribution is -2.18. The van der Waals surface area contributed by atoms with E-state index < -0.39 is 0 Å². The Kier molecular flexibility index (Phi) is 4.25. The maximum Gasteiger partial charge on any atom is 0.277 e. The van der Waals surface area contributed by atoms with Crippen LogP contribution in [0, 0.1) is 0 Å². The monoisotopic (exact) mass is 383 g/mol. The van der Waals surface area contributed by atoms with Crippen molar-refractivity contribution in [3.63, 3.8) is 0 Å². The van der Waals surface area contributed by atoms with Crippen molar-refractivity contribution in [1.82, 2.24) is 19.5 Å². The lowest BCUT2D eigenvalue weighted by molar-refractivity contribution is 0.102. The lowest BCUT2D eigenvalue weighted by Gasteiger charge is -2.10. The van der Waals surface area contributed by atoms with Crippen molar-refractivity contribution in [1.29, 1.82) is 0 Å². The van der Waals surface area contributed by atoms with Crippen molar-refractivity contribution in [3.8, 4) is 0 Å². The van der Waals surface area contributed by atoms with Crippen molar-refractivity contribution in [2.75, 3.05) is 5.32 Å². The number of hydrogen-bond acceptors (Lipinski definition) is 5. The number of amides is 1. The zero-order valence-electron chi connectivity index (χ0n) is 15.4. The topological polar surface area (TPSA) is 85.8 Å². The van der Waals surface area contributed by atoms with Gasteiger partial charge in [0, 0.05) is 31.1 Å². The third-order valence-corrected chi connectivity index (χ3v) is 4.79. The highest BCUT2D eigenvalue weighted by atomic mass is 16.3. The highest BCUT2D eigenvalue weighted by Gasteiger charge is 2.18. The number of hydrogen-bond donors (Lipinski definition) is 1. The van der Waals surface area contributed by atoms with Gasteiger partial charge in [0.05, 0.1) is 22.7 Å². The molecular weight excluding hydrogens is 366 g/mol. The van der Waals surface area contributed by atoms with E-state index in [4.69, 9.17) is 4.42 Å². The fourth-order valence-corrected chi connectivity index (χ4v) is 3.41. The molecule has 0 atom stereocenters. The summed E-state index contributed by atoms with van der Waals surface area (Å²) in [5.74, 6) is 0.154. The Morgan fingerprint density at radius 1 is 1.00 bits per heavy atom. The summed E-state index contributed by atoms with van der Waals surface area (Å²) in [6.45, 7) is 0.635. The summed E-state index contributed by atoms with van der Waals surface area (Å²) < 4.78 is 7.37. The summed E-state index contributed by atoms with van der Waals surface area (Å²) in [6.07, 6.45) is 5.61. The van der Waals surface area contributed by atoms with Crippen LogP contribution < -0.4 is 5.32 Å². The quantitative estimate of drug-likeness (QED) is 0.494. The van der Waals surface area contributed by atoms with Gasteiger partial charge in [0.15, 0.2) is 0 Å². The van der Waals surface area contributed by atoms with Gasteiger partial charge in [0.2, 0.25) is 5.95 Å². The van der Waals surface area contributed by atoms with Gasteiger partial charge in [-0.1, -0.05) is 18.2 Å². The molecule has 0 bridgehead atoms. The third-order valence-electron chi connectivity index (χ3n) is 4.79. The number of pyridine rings is 2. The molecule has 1 N–H and O–H groups in total. The number of carbonyl (C=O) groups excluding carboxylic acids is 1. The first-order chi connectivity index (χ1) is 14.3. The average Bonchev–Trinajstić information content (AvgIpc) is 3.37. The fraction of sp³-hybridized carbons (Fsp3) is 0.0909. The number of aryl methyl sites for hydroxylation is 2. The summed E-state index contributed by atoms with van der Waals surface area (Å²) in [7, 11) is 0. The largest absolute Gasteiger partial charge is 0.464 e. The number of nitrogens with one attached hydrogen (secondary N) is 1. The van der Waals surface area contributed by atoms with Crippen LogP contribution in [-0.2, 0) is 13.0 Å². The summed E-state index contributed by atoms with van der Waals surface area (Å²) in [5.41, 5.74) is 3.67. The summed E-state index contributed by atoms with van der Waals surface area (Å²) in [4.78, 5) is 26.2. The molecule has 0 fully saturated rings. The van der Waals surface area contributed by atoms with Crippen LogP contribution >= 0.6 is 0 Å². The van der Waals surface area contributed by atoms with E-state index in [-0.39, 0.29) is 5.91 Å². The highest BCUT2D eigenvalue weighted by Crippen LogP contribution is 2.22. The Morgan fingerprint density at radius 2 is 1.90 bits per heavy atom. The predicted molar refractivity (Wildman–Crippen MR) is 110 cm³/mol. The number of benzene rings is 1. The Labute approximate surface area is 166 Å². The van der Waals surface area contributed by atoms with Gasteiger partial charge < -0.3 is 8.98 Å². The van der Waals surface area contributed by atoms with E-state index in [2.05, 4.69) is 20.3 Å². The van der Waals surface area contributed by atoms with Crippen LogP contribution in [0.4, 0.5) is 5.95 Å². The van der Waals surface area contributed by atoms with E-state index in [1.54, 1.807) is 30.8 Å². The van der Waals surface area contributed by atoms with Crippen LogP contribution in [0.1, 0.15) is 16.2 Å². The molecule has 0 unspecified atom stereocenters. The molecule has 4 heterocycles. The molecule has 4 aromatic heterocycles. The van der Waals surface area contributed by atoms with Gasteiger partial charge in [0.1, 0.15) is 11.3 Å². The third kappa shape index (κ3) is 3.23. The van der Waals surface area contributed by atoms with E-state index in [1.807, 2.05) is 47.0 Å². The molecule has 29 heavy (non-hydrogen) atoms. The molecule has 1 amide bonds. The molecule has 5 rings (SSSR count). The van der Waals surface area contributed by atoms with Gasteiger partial charge in [-0.05, 0) is 36.4 Å². The Bertz CT molecular complexity index is 1310. The summed E-state index contributed by atoms with van der Waals surface area (Å²) >= 11 is 0. The molecule has 0 radical (unpaired) electrons. The van der Waals surface area contributed by atoms with Gasteiger partial charge in [-0.15, -0.1) is 0 Å². The molecular formula is C22H17N5O2. The van der Waals surface area contributed by atoms with Crippen molar-refractivity contribution in [3.05, 3.63) is 84.6 Å². The van der Waals surface area contributed by atoms with Gasteiger partial charge in [-0.25, -0.2) is 4.98 Å². The number of nitrogens with zero attached hydrogens (tertiary/aromatic N) is 4. The molecule has 0 aliphatic carbocycles. The van der Waals surface area contributed by atoms with Crippen molar-refractivity contribution >= 4 is 33.9 Å². The van der Waals surface area contributed by atoms with E-state index in [0.717, 1.165) is 23.1 Å². The molecule has 142 valence electrons. The number of aromatic nitrogens is 4. The first-order valence-electron chi connectivity index (χ1n) is 9.28. The molecule has 0 aliphatic heterocycles. The van der Waals surface area contributed by atoms with Gasteiger partial charge in [-0.2, -0.15) is 0 Å². The van der Waals surface area contributed by atoms with Crippen LogP contribution in [0.25, 0.3) is 22.0 Å². The lowest BCUT2D eigenvalue weighted by atomic mass is 10.2. The van der Waals surface area contributed by atoms with Gasteiger partial charge >= 0.3 is 0 Å². The summed E-state index contributed by atoms with van der Waals surface area (Å²) in [5, 5.41) is 3.59. The highest BCUT2D eigenvalue weighted by molar-refractivity contribution is 6.10. The second-order valence-electron chi connectivity index (χ2n) is 6.59. The van der Waals surface area contributed by atoms with Crippen LogP contribution in [0.2, 0.25) is 0 Å². The number of rotatable bonds is 5. The maximum absolute atomic E-state index is 12.9. The molecule has 0 aliphatic rings. The van der Waals surface area contributed by atoms with Crippen molar-refractivity contribution < 1.29 is 9.21 Å². The predicted octanol–water partition coefficient (Wildman–Crippen LogP) is 4.07. The average molecular weight is 383 g/mol. The molecule has 7 nitrogen and oxygen atoms in total. The van der Waals surface area contributed by atoms with Gasteiger partial charge in [-0.3, -0.25) is 20.1 Å². The fourth-order valence-electron chi connectivity index (χ4n) is 3.41. The zero-order valence-corrected chi connectivity index (χ0v) is 15.4. The number of fused-ring (bicyclic) bond motifs is 2. The smallest absolute Gasteiger partial charge is 0.277 e. The Hall–Kier alpha value is -4.00. The zero-order chi connectivity index (χ0) is 19.6. The van der Waals surface area contributed by atoms with E-state index in [0.29, 0.717) is 29.2 Å².